The Morgan fingerprint density at radius 2 is 1.70 bits per heavy atom. The lowest BCUT2D eigenvalue weighted by Gasteiger charge is -2.30. The Morgan fingerprint density at radius 3 is 2.39 bits per heavy atom. The van der Waals surface area contributed by atoms with Crippen LogP contribution in [0, 0.1) is 0 Å². The van der Waals surface area contributed by atoms with Crippen molar-refractivity contribution in [1.82, 2.24) is 10.2 Å². The van der Waals surface area contributed by atoms with Crippen molar-refractivity contribution in [3.05, 3.63) is 117 Å². The van der Waals surface area contributed by atoms with Crippen molar-refractivity contribution in [2.24, 2.45) is 0 Å². The molecule has 282 valence electrons. The molecule has 1 unspecified atom stereocenters. The fraction of sp³-hybridized carbons (Fsp3) is 0.275. The van der Waals surface area contributed by atoms with E-state index in [2.05, 4.69) is 16.0 Å². The minimum atomic E-state index is -0.654. The van der Waals surface area contributed by atoms with Gasteiger partial charge in [-0.2, -0.15) is 0 Å². The second-order valence-electron chi connectivity index (χ2n) is 13.2. The zero-order chi connectivity index (χ0) is 39.0. The monoisotopic (exact) mass is 788 g/mol. The summed E-state index contributed by atoms with van der Waals surface area (Å²) in [6.07, 6.45) is 1.92. The molecule has 1 aromatic heterocycles. The molecule has 0 radical (unpaired) electrons. The summed E-state index contributed by atoms with van der Waals surface area (Å²) in [5, 5.41) is 8.71. The highest BCUT2D eigenvalue weighted by Gasteiger charge is 2.33. The summed E-state index contributed by atoms with van der Waals surface area (Å²) < 4.78 is 10.6. The summed E-state index contributed by atoms with van der Waals surface area (Å²) in [6.45, 7) is 7.87. The number of methoxy groups -OCH3 is 1. The van der Waals surface area contributed by atoms with Gasteiger partial charge in [0, 0.05) is 32.6 Å². The van der Waals surface area contributed by atoms with Gasteiger partial charge in [-0.25, -0.2) is 9.59 Å². The first kappa shape index (κ1) is 40.1. The van der Waals surface area contributed by atoms with E-state index in [1.807, 2.05) is 13.0 Å². The number of hydrogen-bond acceptors (Lipinski definition) is 9. The number of thiophene rings is 1. The number of amides is 4. The average Bonchev–Trinajstić information content (AvgIpc) is 3.50. The molecule has 1 aliphatic rings. The summed E-state index contributed by atoms with van der Waals surface area (Å²) in [5.41, 5.74) is 1.72. The van der Waals surface area contributed by atoms with Gasteiger partial charge >= 0.3 is 12.1 Å². The van der Waals surface area contributed by atoms with E-state index < -0.39 is 34.7 Å². The SMILES string of the molecule is CCC(Sc1cccc(NC(=O)/C(=C\c2ccccc2Cl)NC(=O)c2ccccc2)c1)C(=O)Nc1sc2c(c1C(=O)OC)CCN(C(=O)OC(C)(C)C)C2. The number of hydrogen-bond donors (Lipinski definition) is 3. The molecule has 4 aromatic rings. The van der Waals surface area contributed by atoms with Crippen molar-refractivity contribution in [2.45, 2.75) is 62.8 Å². The van der Waals surface area contributed by atoms with E-state index in [4.69, 9.17) is 21.1 Å². The maximum absolute atomic E-state index is 13.7. The lowest BCUT2D eigenvalue weighted by molar-refractivity contribution is -0.116. The van der Waals surface area contributed by atoms with Crippen LogP contribution in [0.15, 0.2) is 89.5 Å². The molecule has 0 bridgehead atoms. The molecule has 1 aliphatic heterocycles. The lowest BCUT2D eigenvalue weighted by Crippen LogP contribution is -2.39. The molecule has 11 nitrogen and oxygen atoms in total. The Morgan fingerprint density at radius 1 is 0.981 bits per heavy atom. The molecule has 5 rings (SSSR count). The topological polar surface area (TPSA) is 143 Å². The van der Waals surface area contributed by atoms with E-state index in [0.717, 1.165) is 10.4 Å². The molecule has 2 heterocycles. The summed E-state index contributed by atoms with van der Waals surface area (Å²) in [6, 6.07) is 22.5. The minimum absolute atomic E-state index is 0.0184. The Balaban J connectivity index is 1.31. The van der Waals surface area contributed by atoms with E-state index in [9.17, 15) is 24.0 Å². The second-order valence-corrected chi connectivity index (χ2v) is 16.0. The summed E-state index contributed by atoms with van der Waals surface area (Å²) in [5.74, 6) is -1.93. The number of nitrogens with zero attached hydrogens (tertiary/aromatic N) is 1. The molecule has 0 spiro atoms. The molecular weight excluding hydrogens is 748 g/mol. The van der Waals surface area contributed by atoms with Gasteiger partial charge in [0.25, 0.3) is 11.8 Å². The Hall–Kier alpha value is -5.11. The molecular formula is C40H41ClN4O7S2. The van der Waals surface area contributed by atoms with Gasteiger partial charge in [-0.3, -0.25) is 14.4 Å². The Labute approximate surface area is 327 Å². The number of nitrogens with one attached hydrogen (secondary N) is 3. The predicted molar refractivity (Wildman–Crippen MR) is 213 cm³/mol. The normalized spacial score (nSPS) is 13.3. The largest absolute Gasteiger partial charge is 0.465 e. The number of carbonyl (C=O) groups is 5. The van der Waals surface area contributed by atoms with E-state index >= 15 is 0 Å². The summed E-state index contributed by atoms with van der Waals surface area (Å²) in [7, 11) is 1.29. The van der Waals surface area contributed by atoms with Crippen LogP contribution in [0.25, 0.3) is 6.08 Å². The molecule has 14 heteroatoms. The van der Waals surface area contributed by atoms with E-state index in [1.54, 1.807) is 98.5 Å². The van der Waals surface area contributed by atoms with E-state index in [1.165, 1.54) is 36.3 Å². The van der Waals surface area contributed by atoms with Crippen LogP contribution in [0.3, 0.4) is 0 Å². The molecule has 1 atom stereocenters. The zero-order valence-electron chi connectivity index (χ0n) is 30.5. The van der Waals surface area contributed by atoms with Crippen LogP contribution in [0.2, 0.25) is 5.02 Å². The van der Waals surface area contributed by atoms with Crippen LogP contribution >= 0.6 is 34.7 Å². The quantitative estimate of drug-likeness (QED) is 0.0782. The first-order chi connectivity index (χ1) is 25.8. The number of anilines is 2. The third-order valence-corrected chi connectivity index (χ3v) is 10.9. The van der Waals surface area contributed by atoms with E-state index in [0.29, 0.717) is 56.7 Å². The smallest absolute Gasteiger partial charge is 0.410 e. The van der Waals surface area contributed by atoms with Crippen LogP contribution in [-0.2, 0) is 32.0 Å². The van der Waals surface area contributed by atoms with Crippen LogP contribution in [0.1, 0.15) is 70.8 Å². The molecule has 3 N–H and O–H groups in total. The van der Waals surface area contributed by atoms with Gasteiger partial charge in [-0.05, 0) is 87.2 Å². The third-order valence-electron chi connectivity index (χ3n) is 8.10. The zero-order valence-corrected chi connectivity index (χ0v) is 32.9. The van der Waals surface area contributed by atoms with Gasteiger partial charge in [-0.1, -0.05) is 61.0 Å². The summed E-state index contributed by atoms with van der Waals surface area (Å²) in [4.78, 5) is 69.2. The standard InChI is InChI=1S/C40H41ClN4O7S2/c1-6-31(36(48)44-37-33(38(49)51-5)28-19-20-45(23-32(28)54-37)39(50)52-40(2,3)4)53-27-17-12-16-26(22-27)42-35(47)30(21-25-15-10-11-18-29(25)41)43-34(46)24-13-8-7-9-14-24/h7-18,21-22,31H,6,19-20,23H2,1-5H3,(H,42,47)(H,43,46)(H,44,48)/b30-21+. The molecule has 4 amide bonds. The van der Waals surface area contributed by atoms with Crippen molar-refractivity contribution in [3.8, 4) is 0 Å². The third kappa shape index (κ3) is 10.3. The lowest BCUT2D eigenvalue weighted by atomic mass is 10.0. The fourth-order valence-corrected chi connectivity index (χ4v) is 7.96. The molecule has 54 heavy (non-hydrogen) atoms. The Bertz CT molecular complexity index is 2080. The van der Waals surface area contributed by atoms with Crippen molar-refractivity contribution < 1.29 is 33.4 Å². The maximum atomic E-state index is 13.7. The number of rotatable bonds is 11. The van der Waals surface area contributed by atoms with Gasteiger partial charge in [-0.15, -0.1) is 23.1 Å². The Kier molecular flexibility index (Phi) is 13.2. The van der Waals surface area contributed by atoms with Gasteiger partial charge in [0.2, 0.25) is 5.91 Å². The predicted octanol–water partition coefficient (Wildman–Crippen LogP) is 8.40. The highest BCUT2D eigenvalue weighted by molar-refractivity contribution is 8.00. The number of carbonyl (C=O) groups excluding carboxylic acids is 5. The van der Waals surface area contributed by atoms with Crippen molar-refractivity contribution in [3.63, 3.8) is 0 Å². The van der Waals surface area contributed by atoms with E-state index in [-0.39, 0.29) is 18.1 Å². The number of halogens is 1. The molecule has 0 aliphatic carbocycles. The van der Waals surface area contributed by atoms with Crippen molar-refractivity contribution in [2.75, 3.05) is 24.3 Å². The number of thioether (sulfide) groups is 1. The van der Waals surface area contributed by atoms with Gasteiger partial charge in [0.15, 0.2) is 0 Å². The van der Waals surface area contributed by atoms with Crippen LogP contribution in [-0.4, -0.2) is 59.2 Å². The fourth-order valence-electron chi connectivity index (χ4n) is 5.51. The molecule has 3 aromatic carbocycles. The average molecular weight is 789 g/mol. The molecule has 0 saturated carbocycles. The van der Waals surface area contributed by atoms with Crippen molar-refractivity contribution >= 4 is 81.2 Å². The maximum Gasteiger partial charge on any atom is 0.410 e. The number of esters is 1. The molecule has 0 saturated heterocycles. The molecule has 0 fully saturated rings. The van der Waals surface area contributed by atoms with Gasteiger partial charge in [0.05, 0.1) is 24.5 Å². The number of ether oxygens (including phenoxy) is 2. The van der Waals surface area contributed by atoms with Crippen LogP contribution in [0.4, 0.5) is 15.5 Å². The number of benzene rings is 3. The van der Waals surface area contributed by atoms with Crippen LogP contribution < -0.4 is 16.0 Å². The minimum Gasteiger partial charge on any atom is -0.465 e. The highest BCUT2D eigenvalue weighted by atomic mass is 35.5. The van der Waals surface area contributed by atoms with Crippen molar-refractivity contribution in [1.29, 1.82) is 0 Å². The first-order valence-electron chi connectivity index (χ1n) is 17.2. The van der Waals surface area contributed by atoms with Gasteiger partial charge < -0.3 is 30.3 Å². The van der Waals surface area contributed by atoms with Crippen LogP contribution in [0.5, 0.6) is 0 Å². The second kappa shape index (κ2) is 17.8. The number of fused-ring (bicyclic) bond motifs is 1. The van der Waals surface area contributed by atoms with Gasteiger partial charge in [0.1, 0.15) is 16.3 Å². The first-order valence-corrected chi connectivity index (χ1v) is 19.3. The summed E-state index contributed by atoms with van der Waals surface area (Å²) >= 11 is 8.91. The highest BCUT2D eigenvalue weighted by Crippen LogP contribution is 2.39.